The molecule has 0 aliphatic carbocycles. The second kappa shape index (κ2) is 6.92. The predicted octanol–water partition coefficient (Wildman–Crippen LogP) is 1.66. The minimum atomic E-state index is -0.379. The summed E-state index contributed by atoms with van der Waals surface area (Å²) in [6.07, 6.45) is 2.75. The van der Waals surface area contributed by atoms with Crippen LogP contribution in [-0.4, -0.2) is 49.1 Å². The second-order valence-electron chi connectivity index (χ2n) is 5.29. The summed E-state index contributed by atoms with van der Waals surface area (Å²) in [5.41, 5.74) is -0.379. The fraction of sp³-hybridized carbons (Fsp3) is 0.312. The Bertz CT molecular complexity index is 783. The Labute approximate surface area is 143 Å². The monoisotopic (exact) mass is 349 g/mol. The lowest BCUT2D eigenvalue weighted by molar-refractivity contribution is 0.0711. The van der Waals surface area contributed by atoms with Crippen LogP contribution < -0.4 is 15.1 Å². The Kier molecular flexibility index (Phi) is 4.71. The highest BCUT2D eigenvalue weighted by molar-refractivity contribution is 6.30. The van der Waals surface area contributed by atoms with Gasteiger partial charge in [0, 0.05) is 38.4 Å². The quantitative estimate of drug-likeness (QED) is 0.838. The number of anilines is 1. The molecule has 0 spiro atoms. The molecule has 24 heavy (non-hydrogen) atoms. The lowest BCUT2D eigenvalue weighted by Crippen LogP contribution is -2.49. The van der Waals surface area contributed by atoms with E-state index in [4.69, 9.17) is 20.8 Å². The lowest BCUT2D eigenvalue weighted by atomic mass is 10.2. The van der Waals surface area contributed by atoms with Crippen LogP contribution in [0.15, 0.2) is 39.9 Å². The first kappa shape index (κ1) is 16.3. The number of ether oxygens (including phenoxy) is 1. The summed E-state index contributed by atoms with van der Waals surface area (Å²) in [7, 11) is 1.37. The third-order valence-corrected chi connectivity index (χ3v) is 4.05. The Morgan fingerprint density at radius 2 is 2.04 bits per heavy atom. The third kappa shape index (κ3) is 3.35. The smallest absolute Gasteiger partial charge is 0.289 e. The van der Waals surface area contributed by atoms with Crippen LogP contribution in [0.3, 0.4) is 0 Å². The molecule has 2 aromatic heterocycles. The first-order valence-corrected chi connectivity index (χ1v) is 7.79. The van der Waals surface area contributed by atoms with Gasteiger partial charge in [-0.25, -0.2) is 4.98 Å². The van der Waals surface area contributed by atoms with Gasteiger partial charge in [0.15, 0.2) is 5.76 Å². The summed E-state index contributed by atoms with van der Waals surface area (Å²) >= 11 is 5.84. The summed E-state index contributed by atoms with van der Waals surface area (Å²) in [4.78, 5) is 32.2. The number of amides is 1. The molecule has 1 aliphatic heterocycles. The lowest BCUT2D eigenvalue weighted by Gasteiger charge is -2.35. The van der Waals surface area contributed by atoms with E-state index in [-0.39, 0.29) is 22.8 Å². The topological polar surface area (TPSA) is 75.9 Å². The summed E-state index contributed by atoms with van der Waals surface area (Å²) in [5, 5.41) is 0.585. The fourth-order valence-corrected chi connectivity index (χ4v) is 2.62. The number of piperazine rings is 1. The first-order chi connectivity index (χ1) is 11.6. The molecule has 0 bridgehead atoms. The molecule has 0 radical (unpaired) electrons. The average Bonchev–Trinajstić information content (AvgIpc) is 2.62. The van der Waals surface area contributed by atoms with Crippen molar-refractivity contribution < 1.29 is 13.9 Å². The number of nitrogens with zero attached hydrogens (tertiary/aromatic N) is 3. The van der Waals surface area contributed by atoms with Crippen molar-refractivity contribution in [3.63, 3.8) is 0 Å². The van der Waals surface area contributed by atoms with E-state index in [1.807, 2.05) is 6.07 Å². The van der Waals surface area contributed by atoms with Crippen LogP contribution in [0.1, 0.15) is 10.6 Å². The van der Waals surface area contributed by atoms with Crippen LogP contribution in [0.25, 0.3) is 0 Å². The molecule has 1 aliphatic rings. The van der Waals surface area contributed by atoms with Gasteiger partial charge in [-0.05, 0) is 12.1 Å². The van der Waals surface area contributed by atoms with E-state index in [1.165, 1.54) is 7.11 Å². The molecule has 2 aromatic rings. The van der Waals surface area contributed by atoms with Crippen molar-refractivity contribution in [2.45, 2.75) is 0 Å². The second-order valence-corrected chi connectivity index (χ2v) is 5.73. The largest absolute Gasteiger partial charge is 0.490 e. The molecule has 0 atom stereocenters. The number of hydrogen-bond acceptors (Lipinski definition) is 6. The first-order valence-electron chi connectivity index (χ1n) is 7.41. The number of rotatable bonds is 3. The molecule has 0 unspecified atom stereocenters. The van der Waals surface area contributed by atoms with E-state index in [0.717, 1.165) is 18.1 Å². The summed E-state index contributed by atoms with van der Waals surface area (Å²) in [6.45, 7) is 2.30. The maximum absolute atomic E-state index is 12.4. The highest BCUT2D eigenvalue weighted by atomic mass is 35.5. The van der Waals surface area contributed by atoms with E-state index < -0.39 is 0 Å². The molecule has 3 rings (SSSR count). The zero-order valence-electron chi connectivity index (χ0n) is 13.1. The number of hydrogen-bond donors (Lipinski definition) is 0. The maximum Gasteiger partial charge on any atom is 0.289 e. The van der Waals surface area contributed by atoms with Gasteiger partial charge in [0.2, 0.25) is 11.2 Å². The van der Waals surface area contributed by atoms with Gasteiger partial charge in [-0.15, -0.1) is 0 Å². The zero-order valence-corrected chi connectivity index (χ0v) is 13.8. The van der Waals surface area contributed by atoms with Crippen LogP contribution in [0, 0.1) is 0 Å². The third-order valence-electron chi connectivity index (χ3n) is 3.83. The molecule has 7 nitrogen and oxygen atoms in total. The van der Waals surface area contributed by atoms with Crippen molar-refractivity contribution in [1.29, 1.82) is 0 Å². The molecule has 126 valence electrons. The van der Waals surface area contributed by atoms with E-state index in [2.05, 4.69) is 9.88 Å². The van der Waals surface area contributed by atoms with Crippen molar-refractivity contribution >= 4 is 23.3 Å². The Balaban J connectivity index is 1.65. The number of methoxy groups -OCH3 is 1. The zero-order chi connectivity index (χ0) is 17.1. The standard InChI is InChI=1S/C16H16ClN3O4/c1-23-14-10-24-13(8-12(14)21)16(22)20-6-4-19(5-7-20)15-3-2-11(17)9-18-15/h2-3,8-10H,4-7H2,1H3. The van der Waals surface area contributed by atoms with Gasteiger partial charge >= 0.3 is 0 Å². The van der Waals surface area contributed by atoms with E-state index in [9.17, 15) is 9.59 Å². The molecular weight excluding hydrogens is 334 g/mol. The fourth-order valence-electron chi connectivity index (χ4n) is 2.51. The molecule has 1 fully saturated rings. The summed E-state index contributed by atoms with van der Waals surface area (Å²) in [6, 6.07) is 4.80. The van der Waals surface area contributed by atoms with Gasteiger partial charge in [0.1, 0.15) is 12.1 Å². The molecular formula is C16H16ClN3O4. The number of carbonyl (C=O) groups excluding carboxylic acids is 1. The Morgan fingerprint density at radius 3 is 2.62 bits per heavy atom. The number of carbonyl (C=O) groups is 1. The molecule has 8 heteroatoms. The minimum Gasteiger partial charge on any atom is -0.490 e. The molecule has 0 saturated carbocycles. The van der Waals surface area contributed by atoms with Crippen molar-refractivity contribution in [1.82, 2.24) is 9.88 Å². The van der Waals surface area contributed by atoms with Gasteiger partial charge in [-0.1, -0.05) is 11.6 Å². The van der Waals surface area contributed by atoms with Gasteiger partial charge in [-0.2, -0.15) is 0 Å². The molecule has 3 heterocycles. The molecule has 0 N–H and O–H groups in total. The van der Waals surface area contributed by atoms with Gasteiger partial charge in [0.25, 0.3) is 5.91 Å². The van der Waals surface area contributed by atoms with Crippen LogP contribution in [-0.2, 0) is 0 Å². The minimum absolute atomic E-state index is 0.0128. The predicted molar refractivity (Wildman–Crippen MR) is 88.9 cm³/mol. The van der Waals surface area contributed by atoms with Crippen LogP contribution in [0.5, 0.6) is 5.75 Å². The SMILES string of the molecule is COc1coc(C(=O)N2CCN(c3ccc(Cl)cn3)CC2)cc1=O. The van der Waals surface area contributed by atoms with Crippen LogP contribution in [0.2, 0.25) is 5.02 Å². The number of pyridine rings is 1. The molecule has 1 saturated heterocycles. The summed E-state index contributed by atoms with van der Waals surface area (Å²) in [5.74, 6) is 0.602. The highest BCUT2D eigenvalue weighted by Crippen LogP contribution is 2.17. The van der Waals surface area contributed by atoms with E-state index in [0.29, 0.717) is 31.2 Å². The average molecular weight is 350 g/mol. The Hall–Kier alpha value is -2.54. The summed E-state index contributed by atoms with van der Waals surface area (Å²) < 4.78 is 10.1. The van der Waals surface area contributed by atoms with E-state index in [1.54, 1.807) is 17.2 Å². The van der Waals surface area contributed by atoms with Gasteiger partial charge in [-0.3, -0.25) is 9.59 Å². The number of aromatic nitrogens is 1. The maximum atomic E-state index is 12.4. The van der Waals surface area contributed by atoms with E-state index >= 15 is 0 Å². The normalized spacial score (nSPS) is 14.6. The van der Waals surface area contributed by atoms with Crippen molar-refractivity contribution in [3.05, 3.63) is 51.7 Å². The van der Waals surface area contributed by atoms with Crippen molar-refractivity contribution in [3.8, 4) is 5.75 Å². The highest BCUT2D eigenvalue weighted by Gasteiger charge is 2.24. The van der Waals surface area contributed by atoms with Gasteiger partial charge < -0.3 is 19.0 Å². The van der Waals surface area contributed by atoms with Crippen LogP contribution >= 0.6 is 11.6 Å². The molecule has 0 aromatic carbocycles. The van der Waals surface area contributed by atoms with Gasteiger partial charge in [0.05, 0.1) is 12.1 Å². The van der Waals surface area contributed by atoms with Crippen LogP contribution in [0.4, 0.5) is 5.82 Å². The van der Waals surface area contributed by atoms with Crippen molar-refractivity contribution in [2.24, 2.45) is 0 Å². The Morgan fingerprint density at radius 1 is 1.29 bits per heavy atom. The molecule has 1 amide bonds. The number of halogens is 1. The van der Waals surface area contributed by atoms with Crippen molar-refractivity contribution in [2.75, 3.05) is 38.2 Å².